The van der Waals surface area contributed by atoms with Crippen LogP contribution in [0.15, 0.2) is 65.6 Å². The van der Waals surface area contributed by atoms with Crippen molar-refractivity contribution in [2.24, 2.45) is 11.8 Å². The van der Waals surface area contributed by atoms with Gasteiger partial charge >= 0.3 is 5.97 Å². The third-order valence-electron chi connectivity index (χ3n) is 5.96. The van der Waals surface area contributed by atoms with E-state index in [2.05, 4.69) is 11.4 Å². The molecule has 6 nitrogen and oxygen atoms in total. The Labute approximate surface area is 191 Å². The van der Waals surface area contributed by atoms with E-state index in [-0.39, 0.29) is 11.8 Å². The Morgan fingerprint density at radius 3 is 2.62 bits per heavy atom. The molecule has 2 aromatic carbocycles. The maximum absolute atomic E-state index is 12.9. The Hall–Kier alpha value is -3.06. The molecule has 1 aliphatic heterocycles. The van der Waals surface area contributed by atoms with E-state index in [0.29, 0.717) is 24.3 Å². The van der Waals surface area contributed by atoms with Gasteiger partial charge in [0, 0.05) is 22.8 Å². The van der Waals surface area contributed by atoms with Crippen LogP contribution in [-0.2, 0) is 20.8 Å². The first-order chi connectivity index (χ1) is 15.5. The van der Waals surface area contributed by atoms with Crippen LogP contribution < -0.4 is 10.2 Å². The van der Waals surface area contributed by atoms with Gasteiger partial charge in [-0.1, -0.05) is 36.4 Å². The molecule has 0 aromatic heterocycles. The zero-order valence-corrected chi connectivity index (χ0v) is 18.5. The number of nitrogens with zero attached hydrogens (tertiary/aromatic N) is 1. The Kier molecular flexibility index (Phi) is 6.95. The smallest absolute Gasteiger partial charge is 0.307 e. The first-order valence-electron chi connectivity index (χ1n) is 10.8. The Morgan fingerprint density at radius 2 is 1.81 bits per heavy atom. The summed E-state index contributed by atoms with van der Waals surface area (Å²) in [6, 6.07) is 15.4. The molecule has 32 heavy (non-hydrogen) atoms. The van der Waals surface area contributed by atoms with Gasteiger partial charge in [0.25, 0.3) is 0 Å². The zero-order valence-electron chi connectivity index (χ0n) is 17.7. The molecule has 0 radical (unpaired) electrons. The van der Waals surface area contributed by atoms with Crippen molar-refractivity contribution in [1.29, 1.82) is 0 Å². The zero-order chi connectivity index (χ0) is 22.5. The third-order valence-corrected chi connectivity index (χ3v) is 6.94. The van der Waals surface area contributed by atoms with Crippen molar-refractivity contribution in [1.82, 2.24) is 0 Å². The van der Waals surface area contributed by atoms with Crippen molar-refractivity contribution in [3.8, 4) is 0 Å². The number of hydrogen-bond donors (Lipinski definition) is 2. The summed E-state index contributed by atoms with van der Waals surface area (Å²) in [7, 11) is 0. The summed E-state index contributed by atoms with van der Waals surface area (Å²) >= 11 is 1.43. The van der Waals surface area contributed by atoms with Gasteiger partial charge in [-0.15, -0.1) is 11.8 Å². The fourth-order valence-corrected chi connectivity index (χ4v) is 5.12. The topological polar surface area (TPSA) is 86.7 Å². The molecule has 1 aliphatic carbocycles. The van der Waals surface area contributed by atoms with Gasteiger partial charge in [0.2, 0.25) is 11.8 Å². The highest BCUT2D eigenvalue weighted by molar-refractivity contribution is 8.00. The molecule has 2 aromatic rings. The molecular weight excluding hydrogens is 424 g/mol. The van der Waals surface area contributed by atoms with Crippen LogP contribution in [0.2, 0.25) is 0 Å². The predicted molar refractivity (Wildman–Crippen MR) is 126 cm³/mol. The number of carboxylic acid groups (broad SMARTS) is 1. The number of carbonyl (C=O) groups excluding carboxylic acids is 2. The minimum atomic E-state index is -0.948. The largest absolute Gasteiger partial charge is 0.481 e. The van der Waals surface area contributed by atoms with E-state index in [0.717, 1.165) is 30.0 Å². The second-order valence-electron chi connectivity index (χ2n) is 8.08. The van der Waals surface area contributed by atoms with E-state index in [9.17, 15) is 19.5 Å². The van der Waals surface area contributed by atoms with Crippen LogP contribution in [0.1, 0.15) is 24.8 Å². The van der Waals surface area contributed by atoms with Crippen LogP contribution >= 0.6 is 11.8 Å². The molecule has 7 heteroatoms. The minimum Gasteiger partial charge on any atom is -0.481 e. The average molecular weight is 451 g/mol. The van der Waals surface area contributed by atoms with Crippen LogP contribution in [-0.4, -0.2) is 35.2 Å². The lowest BCUT2D eigenvalue weighted by molar-refractivity contribution is -0.146. The van der Waals surface area contributed by atoms with E-state index in [1.54, 1.807) is 6.07 Å². The molecule has 2 unspecified atom stereocenters. The molecule has 2 aliphatic rings. The van der Waals surface area contributed by atoms with E-state index in [1.165, 1.54) is 17.3 Å². The molecule has 2 amide bonds. The summed E-state index contributed by atoms with van der Waals surface area (Å²) in [5.74, 6) is -2.16. The lowest BCUT2D eigenvalue weighted by atomic mass is 9.82. The number of fused-ring (bicyclic) bond motifs is 1. The Morgan fingerprint density at radius 1 is 1.03 bits per heavy atom. The highest BCUT2D eigenvalue weighted by Crippen LogP contribution is 2.30. The minimum absolute atomic E-state index is 0.0647. The molecular formula is C25H26N2O4S. The van der Waals surface area contributed by atoms with Gasteiger partial charge in [-0.2, -0.15) is 0 Å². The van der Waals surface area contributed by atoms with Gasteiger partial charge in [0.1, 0.15) is 0 Å². The quantitative estimate of drug-likeness (QED) is 0.504. The number of aliphatic carboxylic acids is 1. The molecule has 1 heterocycles. The van der Waals surface area contributed by atoms with Gasteiger partial charge in [0.05, 0.1) is 17.6 Å². The first-order valence-corrected chi connectivity index (χ1v) is 11.8. The van der Waals surface area contributed by atoms with Crippen LogP contribution in [0.5, 0.6) is 0 Å². The fraction of sp³-hybridized carbons (Fsp3) is 0.320. The number of carbonyl (C=O) groups is 3. The van der Waals surface area contributed by atoms with Gasteiger partial charge in [-0.05, 0) is 55.5 Å². The molecule has 166 valence electrons. The molecule has 0 bridgehead atoms. The SMILES string of the molecule is O=C(O)C1CC=CCC1C(=O)Nc1cccc(SCC(=O)N2CCCc3ccccc32)c1. The van der Waals surface area contributed by atoms with Crippen molar-refractivity contribution < 1.29 is 19.5 Å². The highest BCUT2D eigenvalue weighted by Gasteiger charge is 2.34. The number of benzene rings is 2. The summed E-state index contributed by atoms with van der Waals surface area (Å²) < 4.78 is 0. The number of amides is 2. The molecule has 0 spiro atoms. The van der Waals surface area contributed by atoms with Gasteiger partial charge in [0.15, 0.2) is 0 Å². The molecule has 0 saturated carbocycles. The van der Waals surface area contributed by atoms with Crippen molar-refractivity contribution in [3.63, 3.8) is 0 Å². The number of thioether (sulfide) groups is 1. The van der Waals surface area contributed by atoms with Crippen LogP contribution in [0.4, 0.5) is 11.4 Å². The molecule has 2 N–H and O–H groups in total. The van der Waals surface area contributed by atoms with Crippen LogP contribution in [0.25, 0.3) is 0 Å². The maximum Gasteiger partial charge on any atom is 0.307 e. The monoisotopic (exact) mass is 450 g/mol. The average Bonchev–Trinajstić information content (AvgIpc) is 2.82. The Bertz CT molecular complexity index is 1050. The van der Waals surface area contributed by atoms with Gasteiger partial charge in [-0.25, -0.2) is 0 Å². The third kappa shape index (κ3) is 5.05. The first kappa shape index (κ1) is 22.1. The number of anilines is 2. The summed E-state index contributed by atoms with van der Waals surface area (Å²) in [5.41, 5.74) is 2.81. The molecule has 4 rings (SSSR count). The van der Waals surface area contributed by atoms with E-state index >= 15 is 0 Å². The fourth-order valence-electron chi connectivity index (χ4n) is 4.29. The van der Waals surface area contributed by atoms with E-state index in [4.69, 9.17) is 0 Å². The number of para-hydroxylation sites is 1. The lowest BCUT2D eigenvalue weighted by Gasteiger charge is -2.29. The van der Waals surface area contributed by atoms with Crippen molar-refractivity contribution in [2.45, 2.75) is 30.6 Å². The molecule has 0 saturated heterocycles. The second kappa shape index (κ2) is 10.0. The summed E-state index contributed by atoms with van der Waals surface area (Å²) in [6.45, 7) is 0.729. The van der Waals surface area contributed by atoms with Crippen molar-refractivity contribution in [2.75, 3.05) is 22.5 Å². The standard InChI is InChI=1S/C25H26N2O4S/c28-23(27-14-6-8-17-7-1-4-13-22(17)27)16-32-19-10-5-9-18(15-19)26-24(29)20-11-2-3-12-21(20)25(30)31/h1-5,7,9-10,13,15,20-21H,6,8,11-12,14,16H2,(H,26,29)(H,30,31). The van der Waals surface area contributed by atoms with Crippen molar-refractivity contribution in [3.05, 3.63) is 66.2 Å². The van der Waals surface area contributed by atoms with Gasteiger partial charge < -0.3 is 15.3 Å². The summed E-state index contributed by atoms with van der Waals surface area (Å²) in [5, 5.41) is 12.3. The number of carboxylic acids is 1. The highest BCUT2D eigenvalue weighted by atomic mass is 32.2. The number of allylic oxidation sites excluding steroid dienone is 2. The maximum atomic E-state index is 12.9. The van der Waals surface area contributed by atoms with E-state index < -0.39 is 17.8 Å². The van der Waals surface area contributed by atoms with Gasteiger partial charge in [-0.3, -0.25) is 14.4 Å². The predicted octanol–water partition coefficient (Wildman–Crippen LogP) is 4.36. The number of rotatable bonds is 6. The molecule has 0 fully saturated rings. The number of aryl methyl sites for hydroxylation is 1. The molecule has 2 atom stereocenters. The number of hydrogen-bond acceptors (Lipinski definition) is 4. The van der Waals surface area contributed by atoms with Crippen molar-refractivity contribution >= 4 is 40.9 Å². The Balaban J connectivity index is 1.37. The lowest BCUT2D eigenvalue weighted by Crippen LogP contribution is -2.36. The second-order valence-corrected chi connectivity index (χ2v) is 9.13. The van der Waals surface area contributed by atoms with E-state index in [1.807, 2.05) is 53.5 Å². The van der Waals surface area contributed by atoms with Crippen LogP contribution in [0, 0.1) is 11.8 Å². The summed E-state index contributed by atoms with van der Waals surface area (Å²) in [6.07, 6.45) is 6.42. The summed E-state index contributed by atoms with van der Waals surface area (Å²) in [4.78, 5) is 39.8. The number of nitrogens with one attached hydrogen (secondary N) is 1. The van der Waals surface area contributed by atoms with Crippen LogP contribution in [0.3, 0.4) is 0 Å². The normalized spacial score (nSPS) is 19.8.